The van der Waals surface area contributed by atoms with Gasteiger partial charge in [-0.05, 0) is 48.6 Å². The number of pyridine rings is 1. The minimum atomic E-state index is 0.179. The van der Waals surface area contributed by atoms with Crippen LogP contribution in [0.4, 0.5) is 0 Å². The van der Waals surface area contributed by atoms with Crippen molar-refractivity contribution in [2.75, 3.05) is 6.54 Å². The van der Waals surface area contributed by atoms with Gasteiger partial charge in [-0.2, -0.15) is 0 Å². The molecular formula is C19H26N2. The molecule has 0 saturated carbocycles. The van der Waals surface area contributed by atoms with E-state index in [0.717, 1.165) is 25.1 Å². The molecule has 2 nitrogen and oxygen atoms in total. The van der Waals surface area contributed by atoms with Crippen LogP contribution in [0.1, 0.15) is 50.1 Å². The van der Waals surface area contributed by atoms with E-state index in [2.05, 4.69) is 67.5 Å². The molecule has 0 spiro atoms. The van der Waals surface area contributed by atoms with Crippen LogP contribution in [0.5, 0.6) is 0 Å². The van der Waals surface area contributed by atoms with Crippen LogP contribution in [0.15, 0.2) is 48.7 Å². The summed E-state index contributed by atoms with van der Waals surface area (Å²) in [6.45, 7) is 7.71. The van der Waals surface area contributed by atoms with Gasteiger partial charge in [0.05, 0.1) is 11.7 Å². The molecule has 1 N–H and O–H groups in total. The van der Waals surface area contributed by atoms with Crippen LogP contribution >= 0.6 is 0 Å². The predicted molar refractivity (Wildman–Crippen MR) is 89.4 cm³/mol. The van der Waals surface area contributed by atoms with Gasteiger partial charge in [-0.3, -0.25) is 4.98 Å². The molecule has 0 aliphatic rings. The summed E-state index contributed by atoms with van der Waals surface area (Å²) < 4.78 is 0. The molecule has 0 fully saturated rings. The third-order valence-electron chi connectivity index (χ3n) is 3.51. The first kappa shape index (κ1) is 15.7. The van der Waals surface area contributed by atoms with Crippen molar-refractivity contribution < 1.29 is 0 Å². The van der Waals surface area contributed by atoms with Crippen LogP contribution in [-0.4, -0.2) is 11.5 Å². The van der Waals surface area contributed by atoms with Crippen LogP contribution < -0.4 is 5.32 Å². The van der Waals surface area contributed by atoms with E-state index >= 15 is 0 Å². The van der Waals surface area contributed by atoms with Crippen molar-refractivity contribution in [1.29, 1.82) is 0 Å². The lowest BCUT2D eigenvalue weighted by Gasteiger charge is -2.19. The van der Waals surface area contributed by atoms with Gasteiger partial charge in [-0.25, -0.2) is 0 Å². The number of benzene rings is 1. The van der Waals surface area contributed by atoms with Crippen molar-refractivity contribution in [3.63, 3.8) is 0 Å². The lowest BCUT2D eigenvalue weighted by Crippen LogP contribution is -2.24. The molecule has 112 valence electrons. The Morgan fingerprint density at radius 3 is 2.62 bits per heavy atom. The monoisotopic (exact) mass is 282 g/mol. The van der Waals surface area contributed by atoms with Gasteiger partial charge >= 0.3 is 0 Å². The van der Waals surface area contributed by atoms with E-state index in [9.17, 15) is 0 Å². The third kappa shape index (κ3) is 4.68. The molecule has 1 aromatic heterocycles. The van der Waals surface area contributed by atoms with Crippen molar-refractivity contribution in [2.45, 2.75) is 39.7 Å². The molecule has 1 heterocycles. The standard InChI is InChI=1S/C19H26N2/c1-4-11-21-19(18-10-5-6-12-20-18)17-9-7-8-16(14-17)13-15(2)3/h5-10,12,14-15,19,21H,4,11,13H2,1-3H3. The second-order valence-electron chi connectivity index (χ2n) is 5.98. The minimum absolute atomic E-state index is 0.179. The first-order valence-corrected chi connectivity index (χ1v) is 7.94. The normalized spacial score (nSPS) is 12.6. The molecule has 0 aliphatic heterocycles. The van der Waals surface area contributed by atoms with Crippen molar-refractivity contribution in [1.82, 2.24) is 10.3 Å². The fraction of sp³-hybridized carbons (Fsp3) is 0.421. The van der Waals surface area contributed by atoms with Crippen molar-refractivity contribution in [3.05, 3.63) is 65.5 Å². The Morgan fingerprint density at radius 2 is 1.95 bits per heavy atom. The van der Waals surface area contributed by atoms with Gasteiger partial charge < -0.3 is 5.32 Å². The van der Waals surface area contributed by atoms with Crippen LogP contribution in [0.25, 0.3) is 0 Å². The van der Waals surface area contributed by atoms with E-state index in [0.29, 0.717) is 5.92 Å². The Bertz CT molecular complexity index is 534. The second kappa shape index (κ2) is 7.94. The molecule has 2 aromatic rings. The molecule has 0 bridgehead atoms. The van der Waals surface area contributed by atoms with E-state index in [1.54, 1.807) is 0 Å². The molecule has 21 heavy (non-hydrogen) atoms. The first-order valence-electron chi connectivity index (χ1n) is 7.94. The van der Waals surface area contributed by atoms with Gasteiger partial charge in [0.25, 0.3) is 0 Å². The Morgan fingerprint density at radius 1 is 1.10 bits per heavy atom. The van der Waals surface area contributed by atoms with E-state index in [-0.39, 0.29) is 6.04 Å². The lowest BCUT2D eigenvalue weighted by atomic mass is 9.96. The van der Waals surface area contributed by atoms with Crippen molar-refractivity contribution >= 4 is 0 Å². The highest BCUT2D eigenvalue weighted by Crippen LogP contribution is 2.22. The molecule has 0 saturated heterocycles. The van der Waals surface area contributed by atoms with Gasteiger partial charge in [-0.15, -0.1) is 0 Å². The Labute approximate surface area is 128 Å². The number of hydrogen-bond acceptors (Lipinski definition) is 2. The second-order valence-corrected chi connectivity index (χ2v) is 5.98. The molecule has 1 unspecified atom stereocenters. The summed E-state index contributed by atoms with van der Waals surface area (Å²) in [7, 11) is 0. The number of nitrogens with zero attached hydrogens (tertiary/aromatic N) is 1. The van der Waals surface area contributed by atoms with E-state index < -0.39 is 0 Å². The van der Waals surface area contributed by atoms with E-state index in [4.69, 9.17) is 0 Å². The molecular weight excluding hydrogens is 256 g/mol. The fourth-order valence-electron chi connectivity index (χ4n) is 2.60. The maximum Gasteiger partial charge on any atom is 0.0751 e. The van der Waals surface area contributed by atoms with E-state index in [1.165, 1.54) is 11.1 Å². The zero-order valence-electron chi connectivity index (χ0n) is 13.3. The summed E-state index contributed by atoms with van der Waals surface area (Å²) in [5, 5.41) is 3.62. The third-order valence-corrected chi connectivity index (χ3v) is 3.51. The van der Waals surface area contributed by atoms with Crippen molar-refractivity contribution in [2.24, 2.45) is 5.92 Å². The lowest BCUT2D eigenvalue weighted by molar-refractivity contribution is 0.584. The minimum Gasteiger partial charge on any atom is -0.305 e. The summed E-state index contributed by atoms with van der Waals surface area (Å²) in [4.78, 5) is 4.54. The largest absolute Gasteiger partial charge is 0.305 e. The molecule has 0 amide bonds. The average molecular weight is 282 g/mol. The average Bonchev–Trinajstić information content (AvgIpc) is 2.48. The number of nitrogens with one attached hydrogen (secondary N) is 1. The number of aromatic nitrogens is 1. The number of hydrogen-bond donors (Lipinski definition) is 1. The number of rotatable bonds is 7. The summed E-state index contributed by atoms with van der Waals surface area (Å²) in [5.74, 6) is 0.678. The topological polar surface area (TPSA) is 24.9 Å². The van der Waals surface area contributed by atoms with Crippen LogP contribution in [-0.2, 0) is 6.42 Å². The Kier molecular flexibility index (Phi) is 5.94. The first-order chi connectivity index (χ1) is 10.2. The molecule has 2 rings (SSSR count). The zero-order valence-corrected chi connectivity index (χ0v) is 13.3. The fourth-order valence-corrected chi connectivity index (χ4v) is 2.60. The predicted octanol–water partition coefficient (Wildman–Crippen LogP) is 4.37. The van der Waals surface area contributed by atoms with Crippen LogP contribution in [0.3, 0.4) is 0 Å². The highest BCUT2D eigenvalue weighted by atomic mass is 14.9. The summed E-state index contributed by atoms with van der Waals surface area (Å²) >= 11 is 0. The smallest absolute Gasteiger partial charge is 0.0751 e. The highest BCUT2D eigenvalue weighted by molar-refractivity contribution is 5.31. The Balaban J connectivity index is 2.28. The summed E-state index contributed by atoms with van der Waals surface area (Å²) in [6, 6.07) is 15.2. The molecule has 2 heteroatoms. The van der Waals surface area contributed by atoms with Gasteiger partial charge in [0.15, 0.2) is 0 Å². The summed E-state index contributed by atoms with van der Waals surface area (Å²) in [5.41, 5.74) is 3.80. The SMILES string of the molecule is CCCNC(c1cccc(CC(C)C)c1)c1ccccn1. The quantitative estimate of drug-likeness (QED) is 0.815. The van der Waals surface area contributed by atoms with Gasteiger partial charge in [0.2, 0.25) is 0 Å². The van der Waals surface area contributed by atoms with Crippen LogP contribution in [0.2, 0.25) is 0 Å². The maximum atomic E-state index is 4.54. The van der Waals surface area contributed by atoms with Gasteiger partial charge in [0, 0.05) is 6.20 Å². The van der Waals surface area contributed by atoms with Crippen LogP contribution in [0, 0.1) is 5.92 Å². The molecule has 1 atom stereocenters. The molecule has 0 radical (unpaired) electrons. The van der Waals surface area contributed by atoms with Gasteiger partial charge in [0.1, 0.15) is 0 Å². The van der Waals surface area contributed by atoms with E-state index in [1.807, 2.05) is 12.3 Å². The van der Waals surface area contributed by atoms with Gasteiger partial charge in [-0.1, -0.05) is 51.1 Å². The Hall–Kier alpha value is -1.67. The molecule has 1 aromatic carbocycles. The zero-order chi connectivity index (χ0) is 15.1. The molecule has 0 aliphatic carbocycles. The van der Waals surface area contributed by atoms with Crippen molar-refractivity contribution in [3.8, 4) is 0 Å². The summed E-state index contributed by atoms with van der Waals surface area (Å²) in [6.07, 6.45) is 4.11. The highest BCUT2D eigenvalue weighted by Gasteiger charge is 2.14. The maximum absolute atomic E-state index is 4.54.